The third kappa shape index (κ3) is 5.21. The summed E-state index contributed by atoms with van der Waals surface area (Å²) >= 11 is 6.21. The maximum absolute atomic E-state index is 13.2. The van der Waals surface area contributed by atoms with Crippen LogP contribution in [0.5, 0.6) is 0 Å². The molecule has 0 fully saturated rings. The van der Waals surface area contributed by atoms with Crippen LogP contribution in [0.2, 0.25) is 5.02 Å². The van der Waals surface area contributed by atoms with Gasteiger partial charge in [-0.2, -0.15) is 0 Å². The third-order valence-electron chi connectivity index (χ3n) is 4.28. The fourth-order valence-corrected chi connectivity index (χ4v) is 4.88. The molecule has 1 amide bonds. The summed E-state index contributed by atoms with van der Waals surface area (Å²) in [4.78, 5) is 12.1. The second-order valence-corrected chi connectivity index (χ2v) is 8.62. The number of hydrogen-bond acceptors (Lipinski definition) is 5. The molecule has 7 nitrogen and oxygen atoms in total. The highest BCUT2D eigenvalue weighted by molar-refractivity contribution is 7.93. The summed E-state index contributed by atoms with van der Waals surface area (Å²) in [7, 11) is -3.92. The van der Waals surface area contributed by atoms with Crippen LogP contribution >= 0.6 is 11.6 Å². The van der Waals surface area contributed by atoms with Gasteiger partial charge in [0.15, 0.2) is 0 Å². The van der Waals surface area contributed by atoms with E-state index in [0.29, 0.717) is 23.7 Å². The number of furan rings is 1. The Morgan fingerprint density at radius 1 is 1.10 bits per heavy atom. The van der Waals surface area contributed by atoms with E-state index >= 15 is 0 Å². The van der Waals surface area contributed by atoms with Crippen LogP contribution in [-0.2, 0) is 21.4 Å². The lowest BCUT2D eigenvalue weighted by Crippen LogP contribution is -2.31. The molecular weight excluding hydrogens is 426 g/mol. The molecule has 9 heteroatoms. The number of para-hydroxylation sites is 1. The lowest BCUT2D eigenvalue weighted by atomic mass is 10.3. The molecule has 3 rings (SSSR count). The first kappa shape index (κ1) is 21.9. The van der Waals surface area contributed by atoms with Gasteiger partial charge in [0.1, 0.15) is 10.7 Å². The highest BCUT2D eigenvalue weighted by Gasteiger charge is 2.26. The van der Waals surface area contributed by atoms with Crippen LogP contribution in [0.4, 0.5) is 11.4 Å². The molecule has 0 unspecified atom stereocenters. The van der Waals surface area contributed by atoms with Gasteiger partial charge in [-0.15, -0.1) is 0 Å². The standard InChI is InChI=1S/C21H22ClN3O4S/c1-2-25(17-7-4-3-5-8-17)30(27,28)20-13-16(10-11-19(20)22)24-21(26)15-23-14-18-9-6-12-29-18/h3-13,23H,2,14-15H2,1H3,(H,24,26). The molecule has 1 aromatic heterocycles. The van der Waals surface area contributed by atoms with Crippen molar-refractivity contribution in [3.05, 3.63) is 77.7 Å². The minimum absolute atomic E-state index is 0.0382. The van der Waals surface area contributed by atoms with Gasteiger partial charge >= 0.3 is 0 Å². The van der Waals surface area contributed by atoms with E-state index in [1.165, 1.54) is 16.4 Å². The molecule has 2 aromatic carbocycles. The van der Waals surface area contributed by atoms with Crippen LogP contribution in [0.25, 0.3) is 0 Å². The Hall–Kier alpha value is -2.81. The van der Waals surface area contributed by atoms with Crippen molar-refractivity contribution in [1.29, 1.82) is 0 Å². The van der Waals surface area contributed by atoms with Gasteiger partial charge in [0.25, 0.3) is 10.0 Å². The molecule has 3 aromatic rings. The molecule has 0 bridgehead atoms. The Morgan fingerprint density at radius 3 is 2.53 bits per heavy atom. The van der Waals surface area contributed by atoms with Gasteiger partial charge in [-0.3, -0.25) is 9.10 Å². The number of nitrogens with zero attached hydrogens (tertiary/aromatic N) is 1. The quantitative estimate of drug-likeness (QED) is 0.519. The van der Waals surface area contributed by atoms with E-state index in [9.17, 15) is 13.2 Å². The SMILES string of the molecule is CCN(c1ccccc1)S(=O)(=O)c1cc(NC(=O)CNCc2ccco2)ccc1Cl. The third-order valence-corrected chi connectivity index (χ3v) is 6.66. The molecule has 0 saturated heterocycles. The van der Waals surface area contributed by atoms with Crippen molar-refractivity contribution in [3.63, 3.8) is 0 Å². The summed E-state index contributed by atoms with van der Waals surface area (Å²) in [6.07, 6.45) is 1.56. The van der Waals surface area contributed by atoms with Crippen LogP contribution < -0.4 is 14.9 Å². The number of rotatable bonds is 9. The molecule has 0 spiro atoms. The number of carbonyl (C=O) groups is 1. The molecule has 0 aliphatic rings. The minimum atomic E-state index is -3.92. The average Bonchev–Trinajstić information content (AvgIpc) is 3.24. The zero-order valence-electron chi connectivity index (χ0n) is 16.3. The Bertz CT molecular complexity index is 1090. The topological polar surface area (TPSA) is 91.7 Å². The molecule has 0 radical (unpaired) electrons. The van der Waals surface area contributed by atoms with E-state index in [2.05, 4.69) is 10.6 Å². The van der Waals surface area contributed by atoms with E-state index in [1.54, 1.807) is 55.7 Å². The molecule has 0 aliphatic heterocycles. The van der Waals surface area contributed by atoms with Crippen LogP contribution in [0, 0.1) is 0 Å². The first-order valence-corrected chi connectivity index (χ1v) is 11.1. The zero-order chi connectivity index (χ0) is 21.6. The number of benzene rings is 2. The molecule has 0 atom stereocenters. The predicted octanol–water partition coefficient (Wildman–Crippen LogP) is 3.88. The van der Waals surface area contributed by atoms with E-state index in [0.717, 1.165) is 0 Å². The number of anilines is 2. The van der Waals surface area contributed by atoms with Crippen molar-refractivity contribution in [2.24, 2.45) is 0 Å². The lowest BCUT2D eigenvalue weighted by molar-refractivity contribution is -0.115. The van der Waals surface area contributed by atoms with Crippen LogP contribution in [0.3, 0.4) is 0 Å². The van der Waals surface area contributed by atoms with Crippen molar-refractivity contribution >= 4 is 38.9 Å². The van der Waals surface area contributed by atoms with Gasteiger partial charge in [-0.25, -0.2) is 8.42 Å². The lowest BCUT2D eigenvalue weighted by Gasteiger charge is -2.23. The number of amides is 1. The number of halogens is 1. The van der Waals surface area contributed by atoms with Gasteiger partial charge in [0, 0.05) is 12.2 Å². The van der Waals surface area contributed by atoms with Gasteiger partial charge in [0.2, 0.25) is 5.91 Å². The summed E-state index contributed by atoms with van der Waals surface area (Å²) in [5.41, 5.74) is 0.875. The molecule has 30 heavy (non-hydrogen) atoms. The van der Waals surface area contributed by atoms with Gasteiger partial charge in [-0.1, -0.05) is 29.8 Å². The number of hydrogen-bond donors (Lipinski definition) is 2. The number of nitrogens with one attached hydrogen (secondary N) is 2. The normalized spacial score (nSPS) is 11.3. The second-order valence-electron chi connectivity index (χ2n) is 6.38. The van der Waals surface area contributed by atoms with Crippen molar-refractivity contribution in [3.8, 4) is 0 Å². The molecule has 158 valence electrons. The molecule has 0 saturated carbocycles. The van der Waals surface area contributed by atoms with E-state index in [-0.39, 0.29) is 28.9 Å². The fourth-order valence-electron chi connectivity index (χ4n) is 2.90. The van der Waals surface area contributed by atoms with Crippen molar-refractivity contribution in [1.82, 2.24) is 5.32 Å². The van der Waals surface area contributed by atoms with Gasteiger partial charge in [0.05, 0.1) is 30.1 Å². The molecule has 2 N–H and O–H groups in total. The zero-order valence-corrected chi connectivity index (χ0v) is 17.9. The summed E-state index contributed by atoms with van der Waals surface area (Å²) in [5.74, 6) is 0.394. The maximum Gasteiger partial charge on any atom is 0.265 e. The largest absolute Gasteiger partial charge is 0.468 e. The second kappa shape index (κ2) is 9.80. The Balaban J connectivity index is 1.74. The first-order chi connectivity index (χ1) is 14.4. The number of carbonyl (C=O) groups excluding carboxylic acids is 1. The van der Waals surface area contributed by atoms with Crippen LogP contribution in [-0.4, -0.2) is 27.4 Å². The predicted molar refractivity (Wildman–Crippen MR) is 117 cm³/mol. The van der Waals surface area contributed by atoms with Crippen molar-refractivity contribution in [2.45, 2.75) is 18.4 Å². The van der Waals surface area contributed by atoms with Crippen molar-refractivity contribution in [2.75, 3.05) is 22.7 Å². The van der Waals surface area contributed by atoms with Gasteiger partial charge in [-0.05, 0) is 49.4 Å². The summed E-state index contributed by atoms with van der Waals surface area (Å²) in [6.45, 7) is 2.42. The van der Waals surface area contributed by atoms with E-state index in [4.69, 9.17) is 16.0 Å². The highest BCUT2D eigenvalue weighted by atomic mass is 35.5. The van der Waals surface area contributed by atoms with Crippen molar-refractivity contribution < 1.29 is 17.6 Å². The Labute approximate surface area is 180 Å². The van der Waals surface area contributed by atoms with Crippen LogP contribution in [0.15, 0.2) is 76.2 Å². The molecular formula is C21H22ClN3O4S. The van der Waals surface area contributed by atoms with Gasteiger partial charge < -0.3 is 15.1 Å². The Kier molecular flexibility index (Phi) is 7.15. The number of sulfonamides is 1. The van der Waals surface area contributed by atoms with E-state index in [1.807, 2.05) is 6.07 Å². The van der Waals surface area contributed by atoms with E-state index < -0.39 is 10.0 Å². The Morgan fingerprint density at radius 2 is 1.87 bits per heavy atom. The maximum atomic E-state index is 13.2. The summed E-state index contributed by atoms with van der Waals surface area (Å²) in [6, 6.07) is 16.7. The average molecular weight is 448 g/mol. The molecule has 1 heterocycles. The summed E-state index contributed by atoms with van der Waals surface area (Å²) in [5, 5.41) is 5.72. The van der Waals surface area contributed by atoms with Crippen LogP contribution in [0.1, 0.15) is 12.7 Å². The fraction of sp³-hybridized carbons (Fsp3) is 0.190. The first-order valence-electron chi connectivity index (χ1n) is 9.32. The highest BCUT2D eigenvalue weighted by Crippen LogP contribution is 2.30. The molecule has 0 aliphatic carbocycles. The monoisotopic (exact) mass is 447 g/mol. The smallest absolute Gasteiger partial charge is 0.265 e. The summed E-state index contributed by atoms with van der Waals surface area (Å²) < 4.78 is 32.9. The minimum Gasteiger partial charge on any atom is -0.468 e.